The van der Waals surface area contributed by atoms with Crippen LogP contribution in [0.2, 0.25) is 0 Å². The number of benzene rings is 1. The van der Waals surface area contributed by atoms with E-state index in [4.69, 9.17) is 0 Å². The van der Waals surface area contributed by atoms with E-state index in [1.54, 1.807) is 0 Å². The minimum atomic E-state index is -0.186. The number of rotatable bonds is 4. The van der Waals surface area contributed by atoms with Crippen LogP contribution < -0.4 is 4.90 Å². The van der Waals surface area contributed by atoms with Crippen LogP contribution in [0.3, 0.4) is 0 Å². The van der Waals surface area contributed by atoms with Gasteiger partial charge in [-0.1, -0.05) is 31.4 Å². The second kappa shape index (κ2) is 8.16. The number of quaternary nitrogens is 1. The first-order valence-corrected chi connectivity index (χ1v) is 10.9. The van der Waals surface area contributed by atoms with E-state index in [1.165, 1.54) is 29.7 Å². The van der Waals surface area contributed by atoms with E-state index in [0.717, 1.165) is 55.5 Å². The van der Waals surface area contributed by atoms with E-state index in [-0.39, 0.29) is 12.1 Å². The molecule has 1 saturated heterocycles. The van der Waals surface area contributed by atoms with Crippen molar-refractivity contribution in [1.82, 2.24) is 25.2 Å². The summed E-state index contributed by atoms with van der Waals surface area (Å²) in [5.74, 6) is 0.964. The van der Waals surface area contributed by atoms with Gasteiger partial charge in [0.1, 0.15) is 0 Å². The Morgan fingerprint density at radius 2 is 1.86 bits per heavy atom. The van der Waals surface area contributed by atoms with E-state index in [9.17, 15) is 5.11 Å². The van der Waals surface area contributed by atoms with Gasteiger partial charge in [-0.2, -0.15) is 0 Å². The molecule has 1 aromatic carbocycles. The predicted molar refractivity (Wildman–Crippen MR) is 109 cm³/mol. The normalized spacial score (nSPS) is 24.6. The molecule has 1 aliphatic heterocycles. The van der Waals surface area contributed by atoms with Crippen LogP contribution in [-0.4, -0.2) is 49.5 Å². The number of aliphatic hydroxyl groups is 1. The van der Waals surface area contributed by atoms with Gasteiger partial charge in [-0.25, -0.2) is 4.68 Å². The second-order valence-electron chi connectivity index (χ2n) is 8.55. The van der Waals surface area contributed by atoms with Gasteiger partial charge < -0.3 is 10.0 Å². The SMILES string of the molecule is OC1CC[NH+]([C@@H](c2ccc3ncccc3c2)c2nnnn2C2CCCCC2)CC1. The Morgan fingerprint density at radius 3 is 2.69 bits per heavy atom. The molecule has 0 amide bonds. The van der Waals surface area contributed by atoms with Gasteiger partial charge in [-0.05, 0) is 41.5 Å². The molecule has 3 heterocycles. The molecule has 2 aliphatic rings. The van der Waals surface area contributed by atoms with E-state index in [2.05, 4.69) is 49.5 Å². The van der Waals surface area contributed by atoms with Gasteiger partial charge in [-0.15, -0.1) is 5.10 Å². The lowest BCUT2D eigenvalue weighted by molar-refractivity contribution is -0.932. The first-order valence-electron chi connectivity index (χ1n) is 10.9. The average molecular weight is 394 g/mol. The van der Waals surface area contributed by atoms with Crippen molar-refractivity contribution in [2.45, 2.75) is 63.1 Å². The first-order chi connectivity index (χ1) is 14.3. The molecule has 7 heteroatoms. The number of likely N-dealkylation sites (tertiary alicyclic amines) is 1. The quantitative estimate of drug-likeness (QED) is 0.707. The zero-order chi connectivity index (χ0) is 19.6. The van der Waals surface area contributed by atoms with E-state index in [0.29, 0.717) is 6.04 Å². The van der Waals surface area contributed by atoms with Crippen molar-refractivity contribution in [1.29, 1.82) is 0 Å². The van der Waals surface area contributed by atoms with E-state index >= 15 is 0 Å². The topological polar surface area (TPSA) is 81.2 Å². The van der Waals surface area contributed by atoms with Gasteiger partial charge in [-0.3, -0.25) is 4.98 Å². The number of aromatic nitrogens is 5. The Hall–Kier alpha value is -2.38. The summed E-state index contributed by atoms with van der Waals surface area (Å²) in [6.07, 6.45) is 9.41. The molecule has 0 bridgehead atoms. The number of tetrazole rings is 1. The van der Waals surface area contributed by atoms with Crippen molar-refractivity contribution < 1.29 is 10.0 Å². The number of nitrogens with one attached hydrogen (secondary N) is 1. The molecule has 2 aromatic heterocycles. The van der Waals surface area contributed by atoms with Gasteiger partial charge >= 0.3 is 0 Å². The zero-order valence-corrected chi connectivity index (χ0v) is 16.7. The summed E-state index contributed by atoms with van der Waals surface area (Å²) in [6, 6.07) is 11.1. The van der Waals surface area contributed by atoms with Gasteiger partial charge in [0.2, 0.25) is 5.82 Å². The number of fused-ring (bicyclic) bond motifs is 1. The molecule has 0 spiro atoms. The first kappa shape index (κ1) is 18.6. The number of pyridine rings is 1. The summed E-state index contributed by atoms with van der Waals surface area (Å²) in [6.45, 7) is 1.85. The molecule has 0 radical (unpaired) electrons. The lowest BCUT2D eigenvalue weighted by atomic mass is 9.94. The summed E-state index contributed by atoms with van der Waals surface area (Å²) in [4.78, 5) is 5.91. The fraction of sp³-hybridized carbons (Fsp3) is 0.545. The number of piperidine rings is 1. The fourth-order valence-electron chi connectivity index (χ4n) is 5.08. The van der Waals surface area contributed by atoms with Crippen LogP contribution in [0.15, 0.2) is 36.5 Å². The number of hydrogen-bond donors (Lipinski definition) is 2. The smallest absolute Gasteiger partial charge is 0.214 e. The van der Waals surface area contributed by atoms with Crippen LogP contribution in [0.1, 0.15) is 68.4 Å². The lowest BCUT2D eigenvalue weighted by Gasteiger charge is -2.33. The Balaban J connectivity index is 1.56. The summed E-state index contributed by atoms with van der Waals surface area (Å²) in [7, 11) is 0. The van der Waals surface area contributed by atoms with Crippen LogP contribution in [0, 0.1) is 0 Å². The predicted octanol–water partition coefficient (Wildman–Crippen LogP) is 1.86. The van der Waals surface area contributed by atoms with Gasteiger partial charge in [0.05, 0.1) is 30.8 Å². The average Bonchev–Trinajstić information content (AvgIpc) is 3.25. The monoisotopic (exact) mass is 393 g/mol. The molecule has 0 unspecified atom stereocenters. The van der Waals surface area contributed by atoms with E-state index < -0.39 is 0 Å². The molecule has 1 saturated carbocycles. The van der Waals surface area contributed by atoms with Crippen molar-refractivity contribution in [2.75, 3.05) is 13.1 Å². The standard InChI is InChI=1S/C22H28N6O/c29-19-10-13-27(14-11-19)21(17-8-9-20-16(15-17)5-4-12-23-20)22-24-25-26-28(22)18-6-2-1-3-7-18/h4-5,8-9,12,15,18-19,21,29H,1-3,6-7,10-11,13-14H2/p+1/t21-/m0/s1. The summed E-state index contributed by atoms with van der Waals surface area (Å²) >= 11 is 0. The van der Waals surface area contributed by atoms with Crippen molar-refractivity contribution in [3.63, 3.8) is 0 Å². The third kappa shape index (κ3) is 3.76. The molecule has 7 nitrogen and oxygen atoms in total. The van der Waals surface area contributed by atoms with Crippen molar-refractivity contribution >= 4 is 10.9 Å². The van der Waals surface area contributed by atoms with Crippen LogP contribution in [0.4, 0.5) is 0 Å². The fourth-order valence-corrected chi connectivity index (χ4v) is 5.08. The highest BCUT2D eigenvalue weighted by Crippen LogP contribution is 2.30. The third-order valence-corrected chi connectivity index (χ3v) is 6.66. The molecular formula is C22H29N6O+. The molecule has 29 heavy (non-hydrogen) atoms. The zero-order valence-electron chi connectivity index (χ0n) is 16.7. The van der Waals surface area contributed by atoms with Crippen LogP contribution in [0.25, 0.3) is 10.9 Å². The molecule has 1 aliphatic carbocycles. The number of nitrogens with zero attached hydrogens (tertiary/aromatic N) is 5. The highest BCUT2D eigenvalue weighted by Gasteiger charge is 2.36. The van der Waals surface area contributed by atoms with Crippen LogP contribution in [0.5, 0.6) is 0 Å². The minimum Gasteiger partial charge on any atom is -0.393 e. The van der Waals surface area contributed by atoms with E-state index in [1.807, 2.05) is 12.3 Å². The van der Waals surface area contributed by atoms with Crippen molar-refractivity contribution in [2.24, 2.45) is 0 Å². The summed E-state index contributed by atoms with van der Waals surface area (Å²) in [5.41, 5.74) is 2.23. The Bertz CT molecular complexity index is 959. The van der Waals surface area contributed by atoms with Crippen LogP contribution >= 0.6 is 0 Å². The molecule has 2 fully saturated rings. The number of aliphatic hydroxyl groups excluding tert-OH is 1. The van der Waals surface area contributed by atoms with Gasteiger partial charge in [0.25, 0.3) is 0 Å². The Morgan fingerprint density at radius 1 is 1.03 bits per heavy atom. The maximum absolute atomic E-state index is 10.0. The number of hydrogen-bond acceptors (Lipinski definition) is 5. The minimum absolute atomic E-state index is 0.0732. The largest absolute Gasteiger partial charge is 0.393 e. The maximum Gasteiger partial charge on any atom is 0.214 e. The van der Waals surface area contributed by atoms with Crippen molar-refractivity contribution in [3.8, 4) is 0 Å². The Kier molecular flexibility index (Phi) is 5.24. The highest BCUT2D eigenvalue weighted by molar-refractivity contribution is 5.79. The molecule has 3 aromatic rings. The Labute approximate surface area is 170 Å². The molecular weight excluding hydrogens is 364 g/mol. The summed E-state index contributed by atoms with van der Waals surface area (Å²) < 4.78 is 2.11. The van der Waals surface area contributed by atoms with Gasteiger partial charge in [0, 0.05) is 30.0 Å². The van der Waals surface area contributed by atoms with Crippen molar-refractivity contribution in [3.05, 3.63) is 47.9 Å². The third-order valence-electron chi connectivity index (χ3n) is 6.66. The molecule has 152 valence electrons. The molecule has 1 atom stereocenters. The molecule has 2 N–H and O–H groups in total. The summed E-state index contributed by atoms with van der Waals surface area (Å²) in [5, 5.41) is 24.3. The van der Waals surface area contributed by atoms with Crippen LogP contribution in [-0.2, 0) is 0 Å². The maximum atomic E-state index is 10.0. The highest BCUT2D eigenvalue weighted by atomic mass is 16.3. The lowest BCUT2D eigenvalue weighted by Crippen LogP contribution is -3.13. The second-order valence-corrected chi connectivity index (χ2v) is 8.55. The van der Waals surface area contributed by atoms with Gasteiger partial charge in [0.15, 0.2) is 6.04 Å². The molecule has 5 rings (SSSR count).